The summed E-state index contributed by atoms with van der Waals surface area (Å²) in [5, 5.41) is 3.19. The molecule has 0 rings (SSSR count). The SMILES string of the molecule is C=C(C)/C=C\C(=C)CNCC. The molecule has 0 fully saturated rings. The van der Waals surface area contributed by atoms with E-state index in [-0.39, 0.29) is 0 Å². The zero-order chi connectivity index (χ0) is 8.69. The minimum Gasteiger partial charge on any atom is -0.313 e. The molecule has 11 heavy (non-hydrogen) atoms. The van der Waals surface area contributed by atoms with Gasteiger partial charge in [-0.2, -0.15) is 0 Å². The first kappa shape index (κ1) is 10.2. The van der Waals surface area contributed by atoms with Crippen LogP contribution in [0.1, 0.15) is 13.8 Å². The zero-order valence-corrected chi connectivity index (χ0v) is 7.48. The van der Waals surface area contributed by atoms with Crippen molar-refractivity contribution in [1.29, 1.82) is 0 Å². The molecule has 0 aromatic heterocycles. The third kappa shape index (κ3) is 7.07. The molecule has 0 aliphatic carbocycles. The molecule has 0 saturated heterocycles. The molecule has 0 aromatic carbocycles. The zero-order valence-electron chi connectivity index (χ0n) is 7.48. The fourth-order valence-electron chi connectivity index (χ4n) is 0.605. The van der Waals surface area contributed by atoms with Crippen LogP contribution < -0.4 is 5.32 Å². The molecule has 0 bridgehead atoms. The van der Waals surface area contributed by atoms with Gasteiger partial charge in [0, 0.05) is 6.54 Å². The Bertz CT molecular complexity index is 166. The second-order valence-corrected chi connectivity index (χ2v) is 2.62. The Morgan fingerprint density at radius 1 is 1.36 bits per heavy atom. The van der Waals surface area contributed by atoms with Gasteiger partial charge in [-0.3, -0.25) is 0 Å². The summed E-state index contributed by atoms with van der Waals surface area (Å²) in [7, 11) is 0. The van der Waals surface area contributed by atoms with Crippen molar-refractivity contribution in [2.45, 2.75) is 13.8 Å². The summed E-state index contributed by atoms with van der Waals surface area (Å²) in [5.74, 6) is 0. The summed E-state index contributed by atoms with van der Waals surface area (Å²) in [5.41, 5.74) is 2.15. The van der Waals surface area contributed by atoms with E-state index in [9.17, 15) is 0 Å². The van der Waals surface area contributed by atoms with Gasteiger partial charge in [-0.05, 0) is 19.0 Å². The van der Waals surface area contributed by atoms with Crippen molar-refractivity contribution in [2.75, 3.05) is 13.1 Å². The van der Waals surface area contributed by atoms with Gasteiger partial charge >= 0.3 is 0 Å². The molecule has 0 radical (unpaired) electrons. The summed E-state index contributed by atoms with van der Waals surface area (Å²) < 4.78 is 0. The van der Waals surface area contributed by atoms with Crippen molar-refractivity contribution in [3.8, 4) is 0 Å². The highest BCUT2D eigenvalue weighted by Crippen LogP contribution is 1.95. The van der Waals surface area contributed by atoms with Crippen LogP contribution in [-0.2, 0) is 0 Å². The monoisotopic (exact) mass is 151 g/mol. The molecule has 0 unspecified atom stereocenters. The Labute approximate surface area is 69.5 Å². The second-order valence-electron chi connectivity index (χ2n) is 2.62. The van der Waals surface area contributed by atoms with E-state index in [4.69, 9.17) is 0 Å². The van der Waals surface area contributed by atoms with Crippen molar-refractivity contribution in [3.05, 3.63) is 36.5 Å². The Balaban J connectivity index is 3.60. The predicted octanol–water partition coefficient (Wildman–Crippen LogP) is 2.28. The summed E-state index contributed by atoms with van der Waals surface area (Å²) in [6, 6.07) is 0. The number of likely N-dealkylation sites (N-methyl/N-ethyl adjacent to an activating group) is 1. The van der Waals surface area contributed by atoms with Crippen molar-refractivity contribution in [2.24, 2.45) is 0 Å². The third-order valence-electron chi connectivity index (χ3n) is 1.21. The van der Waals surface area contributed by atoms with Gasteiger partial charge in [-0.25, -0.2) is 0 Å². The molecule has 1 nitrogen and oxygen atoms in total. The summed E-state index contributed by atoms with van der Waals surface area (Å²) in [4.78, 5) is 0. The van der Waals surface area contributed by atoms with Crippen LogP contribution in [0.25, 0.3) is 0 Å². The third-order valence-corrected chi connectivity index (χ3v) is 1.21. The fourth-order valence-corrected chi connectivity index (χ4v) is 0.605. The first-order valence-corrected chi connectivity index (χ1v) is 3.89. The number of hydrogen-bond acceptors (Lipinski definition) is 1. The normalized spacial score (nSPS) is 10.4. The smallest absolute Gasteiger partial charge is 0.0199 e. The van der Waals surface area contributed by atoms with Crippen LogP contribution in [0.3, 0.4) is 0 Å². The highest BCUT2D eigenvalue weighted by atomic mass is 14.8. The van der Waals surface area contributed by atoms with E-state index in [0.717, 1.165) is 24.2 Å². The average Bonchev–Trinajstić information content (AvgIpc) is 1.97. The lowest BCUT2D eigenvalue weighted by atomic mass is 10.2. The maximum Gasteiger partial charge on any atom is 0.0199 e. The van der Waals surface area contributed by atoms with Gasteiger partial charge in [0.25, 0.3) is 0 Å². The molecule has 1 N–H and O–H groups in total. The first-order chi connectivity index (χ1) is 5.16. The molecule has 0 heterocycles. The summed E-state index contributed by atoms with van der Waals surface area (Å²) >= 11 is 0. The molecule has 0 saturated carbocycles. The molecular weight excluding hydrogens is 134 g/mol. The van der Waals surface area contributed by atoms with Crippen LogP contribution in [0.2, 0.25) is 0 Å². The Morgan fingerprint density at radius 3 is 2.45 bits per heavy atom. The molecule has 0 amide bonds. The fraction of sp³-hybridized carbons (Fsp3) is 0.400. The van der Waals surface area contributed by atoms with E-state index in [1.54, 1.807) is 0 Å². The molecule has 1 heteroatoms. The van der Waals surface area contributed by atoms with Crippen LogP contribution in [0.5, 0.6) is 0 Å². The first-order valence-electron chi connectivity index (χ1n) is 3.89. The minimum absolute atomic E-state index is 0.861. The van der Waals surface area contributed by atoms with Crippen molar-refractivity contribution in [1.82, 2.24) is 5.32 Å². The highest BCUT2D eigenvalue weighted by Gasteiger charge is 1.85. The van der Waals surface area contributed by atoms with Gasteiger partial charge in [0.15, 0.2) is 0 Å². The van der Waals surface area contributed by atoms with Gasteiger partial charge in [-0.1, -0.05) is 37.8 Å². The molecule has 0 aliphatic heterocycles. The lowest BCUT2D eigenvalue weighted by Gasteiger charge is -1.99. The van der Waals surface area contributed by atoms with Crippen LogP contribution >= 0.6 is 0 Å². The van der Waals surface area contributed by atoms with Gasteiger partial charge in [0.2, 0.25) is 0 Å². The molecule has 0 aliphatic rings. The number of allylic oxidation sites excluding steroid dienone is 2. The van der Waals surface area contributed by atoms with Gasteiger partial charge in [0.05, 0.1) is 0 Å². The van der Waals surface area contributed by atoms with Crippen LogP contribution in [0.15, 0.2) is 36.5 Å². The molecular formula is C10H17N. The molecule has 0 atom stereocenters. The van der Waals surface area contributed by atoms with E-state index >= 15 is 0 Å². The van der Waals surface area contributed by atoms with E-state index in [2.05, 4.69) is 25.4 Å². The predicted molar refractivity (Wildman–Crippen MR) is 51.6 cm³/mol. The molecule has 0 spiro atoms. The average molecular weight is 151 g/mol. The lowest BCUT2D eigenvalue weighted by Crippen LogP contribution is -2.14. The Kier molecular flexibility index (Phi) is 5.49. The second kappa shape index (κ2) is 5.93. The largest absolute Gasteiger partial charge is 0.313 e. The maximum atomic E-state index is 3.87. The van der Waals surface area contributed by atoms with E-state index in [1.807, 2.05) is 19.1 Å². The summed E-state index contributed by atoms with van der Waals surface area (Å²) in [6.07, 6.45) is 3.96. The van der Waals surface area contributed by atoms with Crippen LogP contribution in [0.4, 0.5) is 0 Å². The van der Waals surface area contributed by atoms with E-state index in [0.29, 0.717) is 0 Å². The van der Waals surface area contributed by atoms with Crippen molar-refractivity contribution >= 4 is 0 Å². The van der Waals surface area contributed by atoms with Gasteiger partial charge in [0.1, 0.15) is 0 Å². The lowest BCUT2D eigenvalue weighted by molar-refractivity contribution is 0.786. The van der Waals surface area contributed by atoms with E-state index < -0.39 is 0 Å². The highest BCUT2D eigenvalue weighted by molar-refractivity contribution is 5.23. The van der Waals surface area contributed by atoms with Crippen molar-refractivity contribution in [3.63, 3.8) is 0 Å². The van der Waals surface area contributed by atoms with Crippen LogP contribution in [-0.4, -0.2) is 13.1 Å². The van der Waals surface area contributed by atoms with E-state index in [1.165, 1.54) is 0 Å². The molecule has 0 aromatic rings. The summed E-state index contributed by atoms with van der Waals surface area (Å²) in [6.45, 7) is 13.5. The maximum absolute atomic E-state index is 3.87. The Morgan fingerprint density at radius 2 is 2.00 bits per heavy atom. The molecule has 62 valence electrons. The van der Waals surface area contributed by atoms with Gasteiger partial charge < -0.3 is 5.32 Å². The quantitative estimate of drug-likeness (QED) is 0.594. The van der Waals surface area contributed by atoms with Crippen molar-refractivity contribution < 1.29 is 0 Å². The number of hydrogen-bond donors (Lipinski definition) is 1. The standard InChI is InChI=1S/C10H17N/c1-5-11-8-10(4)7-6-9(2)3/h6-7,11H,2,4-5,8H2,1,3H3/b7-6-. The van der Waals surface area contributed by atoms with Gasteiger partial charge in [-0.15, -0.1) is 0 Å². The number of nitrogens with one attached hydrogen (secondary N) is 1. The topological polar surface area (TPSA) is 12.0 Å². The minimum atomic E-state index is 0.861. The van der Waals surface area contributed by atoms with Crippen LogP contribution in [0, 0.1) is 0 Å². The Hall–Kier alpha value is -0.820. The number of rotatable bonds is 5.